The molecule has 1 saturated carbocycles. The van der Waals surface area contributed by atoms with Crippen molar-refractivity contribution in [3.63, 3.8) is 0 Å². The second-order valence-electron chi connectivity index (χ2n) is 10.5. The molecule has 40 heavy (non-hydrogen) atoms. The van der Waals surface area contributed by atoms with Crippen molar-refractivity contribution in [3.8, 4) is 0 Å². The van der Waals surface area contributed by atoms with Gasteiger partial charge in [-0.25, -0.2) is 0 Å². The van der Waals surface area contributed by atoms with Crippen LogP contribution in [0.1, 0.15) is 68.1 Å². The molecule has 3 rings (SSSR count). The number of hydrogen-bond donors (Lipinski definition) is 3. The third kappa shape index (κ3) is 11.1. The van der Waals surface area contributed by atoms with Crippen LogP contribution in [0.5, 0.6) is 0 Å². The molecule has 0 aromatic heterocycles. The first-order chi connectivity index (χ1) is 19.3. The van der Waals surface area contributed by atoms with Crippen molar-refractivity contribution in [1.82, 2.24) is 0 Å². The summed E-state index contributed by atoms with van der Waals surface area (Å²) in [6.45, 7) is 0.00906. The molecule has 9 nitrogen and oxygen atoms in total. The number of aliphatic hydroxyl groups is 3. The van der Waals surface area contributed by atoms with Gasteiger partial charge >= 0.3 is 5.97 Å². The fraction of sp³-hybridized carbons (Fsp3) is 0.516. The van der Waals surface area contributed by atoms with Gasteiger partial charge in [0.2, 0.25) is 0 Å². The van der Waals surface area contributed by atoms with Gasteiger partial charge in [0.1, 0.15) is 13.2 Å². The van der Waals surface area contributed by atoms with Gasteiger partial charge in [-0.05, 0) is 79.9 Å². The van der Waals surface area contributed by atoms with Crippen LogP contribution in [0.15, 0.2) is 66.7 Å². The lowest BCUT2D eigenvalue weighted by molar-refractivity contribution is -0.763. The van der Waals surface area contributed by atoms with Crippen molar-refractivity contribution in [2.24, 2.45) is 11.8 Å². The molecule has 0 amide bonds. The molecule has 0 bridgehead atoms. The molecule has 0 aliphatic heterocycles. The van der Waals surface area contributed by atoms with E-state index in [-0.39, 0.29) is 37.4 Å². The van der Waals surface area contributed by atoms with Crippen molar-refractivity contribution in [2.45, 2.75) is 89.3 Å². The Balaban J connectivity index is 1.30. The number of esters is 1. The van der Waals surface area contributed by atoms with Gasteiger partial charge in [0.25, 0.3) is 5.09 Å². The van der Waals surface area contributed by atoms with Crippen LogP contribution in [0, 0.1) is 22.0 Å². The van der Waals surface area contributed by atoms with Gasteiger partial charge < -0.3 is 24.9 Å². The Kier molecular flexibility index (Phi) is 13.1. The van der Waals surface area contributed by atoms with Gasteiger partial charge in [0.15, 0.2) is 0 Å². The van der Waals surface area contributed by atoms with E-state index in [0.29, 0.717) is 50.5 Å². The van der Waals surface area contributed by atoms with Gasteiger partial charge in [-0.3, -0.25) is 4.79 Å². The number of carbonyl (C=O) groups excluding carboxylic acids is 1. The molecule has 1 aliphatic carbocycles. The highest BCUT2D eigenvalue weighted by atomic mass is 16.9. The van der Waals surface area contributed by atoms with Gasteiger partial charge in [0, 0.05) is 6.42 Å². The van der Waals surface area contributed by atoms with E-state index in [0.717, 1.165) is 12.0 Å². The lowest BCUT2D eigenvalue weighted by Crippen LogP contribution is -2.23. The molecule has 0 heterocycles. The lowest BCUT2D eigenvalue weighted by Gasteiger charge is -2.23. The van der Waals surface area contributed by atoms with Gasteiger partial charge in [-0.15, -0.1) is 10.1 Å². The normalized spacial score (nSPS) is 21.4. The molecule has 3 N–H and O–H groups in total. The van der Waals surface area contributed by atoms with E-state index < -0.39 is 23.4 Å². The standard InChI is InChI=1S/C31H41NO8/c33-26(17-16-23-8-4-3-5-9-23)18-19-28-27(29(34)20-30(28)35)10-6-1-2-7-11-31(36)39-21-24-12-14-25(15-13-24)22-40-32(37)38/h1,3-6,8-9,12-15,26-30,33-35H,2,7,10-11,16-22H2/t26-,27+,28+,29-,30+/m0/s1. The number of carbonyl (C=O) groups is 1. The molecule has 5 atom stereocenters. The quantitative estimate of drug-likeness (QED) is 0.0840. The first-order valence-electron chi connectivity index (χ1n) is 14.1. The molecule has 218 valence electrons. The average molecular weight is 556 g/mol. The molecule has 2 aromatic carbocycles. The molecule has 2 aromatic rings. The summed E-state index contributed by atoms with van der Waals surface area (Å²) in [6, 6.07) is 16.9. The molecule has 9 heteroatoms. The maximum atomic E-state index is 12.1. The van der Waals surface area contributed by atoms with Crippen molar-refractivity contribution in [2.75, 3.05) is 0 Å². The molecular formula is C31H41NO8. The zero-order chi connectivity index (χ0) is 28.7. The van der Waals surface area contributed by atoms with Crippen LogP contribution in [0.25, 0.3) is 0 Å². The summed E-state index contributed by atoms with van der Waals surface area (Å²) >= 11 is 0. The highest BCUT2D eigenvalue weighted by Gasteiger charge is 2.40. The van der Waals surface area contributed by atoms with E-state index in [4.69, 9.17) is 4.74 Å². The van der Waals surface area contributed by atoms with Crippen LogP contribution < -0.4 is 0 Å². The van der Waals surface area contributed by atoms with Gasteiger partial charge in [-0.1, -0.05) is 66.7 Å². The van der Waals surface area contributed by atoms with Crippen molar-refractivity contribution in [3.05, 3.63) is 93.6 Å². The molecule has 0 spiro atoms. The van der Waals surface area contributed by atoms with E-state index in [1.54, 1.807) is 24.3 Å². The van der Waals surface area contributed by atoms with Gasteiger partial charge in [0.05, 0.1) is 18.3 Å². The number of ether oxygens (including phenoxy) is 1. The summed E-state index contributed by atoms with van der Waals surface area (Å²) in [4.78, 5) is 26.6. The van der Waals surface area contributed by atoms with E-state index >= 15 is 0 Å². The summed E-state index contributed by atoms with van der Waals surface area (Å²) < 4.78 is 5.30. The number of aryl methyl sites for hydroxylation is 1. The predicted octanol–water partition coefficient (Wildman–Crippen LogP) is 4.69. The van der Waals surface area contributed by atoms with Crippen LogP contribution in [0.2, 0.25) is 0 Å². The van der Waals surface area contributed by atoms with E-state index in [1.807, 2.05) is 30.4 Å². The number of nitrogens with zero attached hydrogens (tertiary/aromatic N) is 1. The largest absolute Gasteiger partial charge is 0.461 e. The number of benzene rings is 2. The Morgan fingerprint density at radius 1 is 0.950 bits per heavy atom. The fourth-order valence-electron chi connectivity index (χ4n) is 5.24. The smallest absolute Gasteiger partial charge is 0.306 e. The SMILES string of the molecule is O=C(CCCC=CC[C@@H]1[C@@H](CC[C@@H](O)CCc2ccccc2)[C@H](O)C[C@@H]1O)OCc1ccc(CO[N+](=O)[O-])cc1. The summed E-state index contributed by atoms with van der Waals surface area (Å²) in [7, 11) is 0. The Labute approximate surface area is 235 Å². The monoisotopic (exact) mass is 555 g/mol. The predicted molar refractivity (Wildman–Crippen MR) is 149 cm³/mol. The highest BCUT2D eigenvalue weighted by Crippen LogP contribution is 2.38. The Bertz CT molecular complexity index is 1060. The summed E-state index contributed by atoms with van der Waals surface area (Å²) in [5, 5.41) is 40.9. The topological polar surface area (TPSA) is 139 Å². The number of hydrogen-bond acceptors (Lipinski definition) is 8. The molecule has 0 saturated heterocycles. The minimum Gasteiger partial charge on any atom is -0.461 e. The maximum absolute atomic E-state index is 12.1. The van der Waals surface area contributed by atoms with Gasteiger partial charge in [-0.2, -0.15) is 0 Å². The van der Waals surface area contributed by atoms with E-state index in [1.165, 1.54) is 5.56 Å². The third-order valence-corrected chi connectivity index (χ3v) is 7.55. The molecule has 1 aliphatic rings. The number of unbranched alkanes of at least 4 members (excludes halogenated alkanes) is 1. The van der Waals surface area contributed by atoms with Crippen LogP contribution in [-0.4, -0.2) is 44.7 Å². The number of allylic oxidation sites excluding steroid dienone is 2. The van der Waals surface area contributed by atoms with Crippen LogP contribution in [0.3, 0.4) is 0 Å². The Hall–Kier alpha value is -3.27. The second kappa shape index (κ2) is 16.7. The maximum Gasteiger partial charge on any atom is 0.306 e. The minimum absolute atomic E-state index is 0.0457. The van der Waals surface area contributed by atoms with Crippen molar-refractivity contribution < 1.29 is 34.8 Å². The van der Waals surface area contributed by atoms with Crippen molar-refractivity contribution >= 4 is 5.97 Å². The summed E-state index contributed by atoms with van der Waals surface area (Å²) in [6.07, 6.45) is 7.87. The van der Waals surface area contributed by atoms with Crippen LogP contribution in [0.4, 0.5) is 0 Å². The molecule has 0 radical (unpaired) electrons. The average Bonchev–Trinajstić information content (AvgIpc) is 3.22. The first-order valence-corrected chi connectivity index (χ1v) is 14.1. The number of rotatable bonds is 17. The van der Waals surface area contributed by atoms with E-state index in [9.17, 15) is 30.2 Å². The lowest BCUT2D eigenvalue weighted by atomic mass is 9.85. The van der Waals surface area contributed by atoms with Crippen LogP contribution in [-0.2, 0) is 34.0 Å². The highest BCUT2D eigenvalue weighted by molar-refractivity contribution is 5.69. The zero-order valence-electron chi connectivity index (χ0n) is 22.8. The summed E-state index contributed by atoms with van der Waals surface area (Å²) in [5.41, 5.74) is 2.64. The second-order valence-corrected chi connectivity index (χ2v) is 10.5. The Morgan fingerprint density at radius 3 is 2.33 bits per heavy atom. The summed E-state index contributed by atoms with van der Waals surface area (Å²) in [5.74, 6) is -0.389. The third-order valence-electron chi connectivity index (χ3n) is 7.55. The zero-order valence-corrected chi connectivity index (χ0v) is 22.8. The minimum atomic E-state index is -0.841. The van der Waals surface area contributed by atoms with Crippen molar-refractivity contribution in [1.29, 1.82) is 0 Å². The molecular weight excluding hydrogens is 514 g/mol. The van der Waals surface area contributed by atoms with E-state index in [2.05, 4.69) is 17.0 Å². The Morgan fingerprint density at radius 2 is 1.62 bits per heavy atom. The van der Waals surface area contributed by atoms with Crippen LogP contribution >= 0.6 is 0 Å². The molecule has 0 unspecified atom stereocenters. The fourth-order valence-corrected chi connectivity index (χ4v) is 5.24. The first kappa shape index (κ1) is 31.3. The molecule has 1 fully saturated rings. The number of aliphatic hydroxyl groups excluding tert-OH is 3.